The van der Waals surface area contributed by atoms with Crippen molar-refractivity contribution in [2.45, 2.75) is 52.1 Å². The maximum Gasteiger partial charge on any atom is 0.122 e. The lowest BCUT2D eigenvalue weighted by atomic mass is 9.76. The molecule has 1 heterocycles. The third kappa shape index (κ3) is 4.55. The molecule has 120 valence electrons. The molecule has 4 nitrogen and oxygen atoms in total. The second kappa shape index (κ2) is 7.95. The first-order chi connectivity index (χ1) is 10.1. The zero-order valence-electron chi connectivity index (χ0n) is 14.2. The smallest absolute Gasteiger partial charge is 0.122 e. The van der Waals surface area contributed by atoms with Crippen molar-refractivity contribution in [2.24, 2.45) is 18.9 Å². The van der Waals surface area contributed by atoms with Crippen molar-refractivity contribution in [3.63, 3.8) is 0 Å². The molecule has 0 spiro atoms. The van der Waals surface area contributed by atoms with E-state index in [9.17, 15) is 0 Å². The summed E-state index contributed by atoms with van der Waals surface area (Å²) in [4.78, 5) is 6.88. The number of imidazole rings is 1. The molecule has 0 aromatic carbocycles. The van der Waals surface area contributed by atoms with Crippen molar-refractivity contribution >= 4 is 0 Å². The maximum absolute atomic E-state index is 4.44. The van der Waals surface area contributed by atoms with Gasteiger partial charge in [-0.05, 0) is 44.7 Å². The van der Waals surface area contributed by atoms with Crippen molar-refractivity contribution in [2.75, 3.05) is 20.1 Å². The fraction of sp³-hybridized carbons (Fsp3) is 0.824. The van der Waals surface area contributed by atoms with Gasteiger partial charge in [-0.15, -0.1) is 0 Å². The number of aromatic nitrogens is 2. The Labute approximate surface area is 129 Å². The van der Waals surface area contributed by atoms with Gasteiger partial charge >= 0.3 is 0 Å². The normalized spacial score (nSPS) is 26.4. The van der Waals surface area contributed by atoms with Gasteiger partial charge in [-0.1, -0.05) is 20.3 Å². The molecule has 3 atom stereocenters. The Balaban J connectivity index is 1.91. The van der Waals surface area contributed by atoms with E-state index in [2.05, 4.69) is 47.7 Å². The van der Waals surface area contributed by atoms with Crippen LogP contribution in [0.25, 0.3) is 0 Å². The molecule has 0 radical (unpaired) electrons. The van der Waals surface area contributed by atoms with E-state index in [0.29, 0.717) is 6.04 Å². The summed E-state index contributed by atoms with van der Waals surface area (Å²) < 4.78 is 2.12. The number of hydrogen-bond acceptors (Lipinski definition) is 3. The van der Waals surface area contributed by atoms with Gasteiger partial charge in [0.15, 0.2) is 0 Å². The first kappa shape index (κ1) is 16.5. The van der Waals surface area contributed by atoms with Gasteiger partial charge in [0.05, 0.1) is 6.54 Å². The highest BCUT2D eigenvalue weighted by atomic mass is 15.2. The number of aryl methyl sites for hydroxylation is 1. The summed E-state index contributed by atoms with van der Waals surface area (Å²) in [5.41, 5.74) is 0. The quantitative estimate of drug-likeness (QED) is 0.839. The van der Waals surface area contributed by atoms with Crippen molar-refractivity contribution < 1.29 is 0 Å². The Hall–Kier alpha value is -0.870. The van der Waals surface area contributed by atoms with Gasteiger partial charge in [-0.3, -0.25) is 4.90 Å². The van der Waals surface area contributed by atoms with E-state index in [-0.39, 0.29) is 0 Å². The highest BCUT2D eigenvalue weighted by Gasteiger charge is 2.30. The molecule has 1 fully saturated rings. The highest BCUT2D eigenvalue weighted by Crippen LogP contribution is 2.32. The van der Waals surface area contributed by atoms with Crippen molar-refractivity contribution in [1.82, 2.24) is 19.8 Å². The number of nitrogens with zero attached hydrogens (tertiary/aromatic N) is 3. The lowest BCUT2D eigenvalue weighted by Gasteiger charge is -2.38. The molecule has 0 saturated heterocycles. The lowest BCUT2D eigenvalue weighted by Crippen LogP contribution is -2.45. The van der Waals surface area contributed by atoms with Gasteiger partial charge in [0.2, 0.25) is 0 Å². The molecule has 1 aliphatic carbocycles. The summed E-state index contributed by atoms with van der Waals surface area (Å²) in [6.07, 6.45) is 9.36. The molecule has 4 heteroatoms. The van der Waals surface area contributed by atoms with Gasteiger partial charge in [-0.2, -0.15) is 0 Å². The molecule has 0 amide bonds. The van der Waals surface area contributed by atoms with Crippen LogP contribution in [0.15, 0.2) is 12.4 Å². The van der Waals surface area contributed by atoms with E-state index >= 15 is 0 Å². The summed E-state index contributed by atoms with van der Waals surface area (Å²) >= 11 is 0. The van der Waals surface area contributed by atoms with Crippen molar-refractivity contribution in [3.8, 4) is 0 Å². The molecule has 2 rings (SSSR count). The molecule has 3 unspecified atom stereocenters. The largest absolute Gasteiger partial charge is 0.337 e. The Morgan fingerprint density at radius 2 is 2.19 bits per heavy atom. The van der Waals surface area contributed by atoms with Crippen LogP contribution >= 0.6 is 0 Å². The van der Waals surface area contributed by atoms with Crippen LogP contribution in [0.2, 0.25) is 0 Å². The standard InChI is InChI=1S/C17H32N4/c1-5-14-7-8-16(18-6-2)15(11-14)12-20(3)13-17-19-9-10-21(17)4/h9-10,14-16,18H,5-8,11-13H2,1-4H3. The Morgan fingerprint density at radius 3 is 2.81 bits per heavy atom. The SMILES string of the molecule is CCNC1CCC(CC)CC1CN(C)Cc1nccn1C. The van der Waals surface area contributed by atoms with Gasteiger partial charge in [-0.25, -0.2) is 4.98 Å². The van der Waals surface area contributed by atoms with Crippen molar-refractivity contribution in [1.29, 1.82) is 0 Å². The maximum atomic E-state index is 4.44. The molecule has 1 aromatic heterocycles. The summed E-state index contributed by atoms with van der Waals surface area (Å²) in [6, 6.07) is 0.696. The van der Waals surface area contributed by atoms with E-state index in [1.807, 2.05) is 12.4 Å². The minimum absolute atomic E-state index is 0.696. The predicted molar refractivity (Wildman–Crippen MR) is 88.1 cm³/mol. The second-order valence-corrected chi connectivity index (χ2v) is 6.66. The summed E-state index contributed by atoms with van der Waals surface area (Å²) in [6.45, 7) is 7.76. The fourth-order valence-corrected chi connectivity index (χ4v) is 3.72. The monoisotopic (exact) mass is 292 g/mol. The number of hydrogen-bond donors (Lipinski definition) is 1. The van der Waals surface area contributed by atoms with Crippen LogP contribution in [0.4, 0.5) is 0 Å². The summed E-state index contributed by atoms with van der Waals surface area (Å²) in [7, 11) is 4.30. The molecule has 1 aromatic rings. The Bertz CT molecular complexity index is 415. The van der Waals surface area contributed by atoms with Crippen molar-refractivity contribution in [3.05, 3.63) is 18.2 Å². The highest BCUT2D eigenvalue weighted by molar-refractivity contribution is 4.92. The molecule has 21 heavy (non-hydrogen) atoms. The molecular weight excluding hydrogens is 260 g/mol. The van der Waals surface area contributed by atoms with E-state index in [1.165, 1.54) is 32.2 Å². The van der Waals surface area contributed by atoms with E-state index in [4.69, 9.17) is 0 Å². The molecule has 1 saturated carbocycles. The topological polar surface area (TPSA) is 33.1 Å². The predicted octanol–water partition coefficient (Wildman–Crippen LogP) is 2.66. The zero-order valence-corrected chi connectivity index (χ0v) is 14.2. The van der Waals surface area contributed by atoms with E-state index < -0.39 is 0 Å². The van der Waals surface area contributed by atoms with E-state index in [1.54, 1.807) is 0 Å². The van der Waals surface area contributed by atoms with Crippen LogP contribution < -0.4 is 5.32 Å². The molecule has 1 N–H and O–H groups in total. The summed E-state index contributed by atoms with van der Waals surface area (Å²) in [5.74, 6) is 2.85. The first-order valence-corrected chi connectivity index (χ1v) is 8.52. The third-order valence-electron chi connectivity index (χ3n) is 5.01. The molecule has 0 aliphatic heterocycles. The van der Waals surface area contributed by atoms with Gasteiger partial charge in [0.25, 0.3) is 0 Å². The summed E-state index contributed by atoms with van der Waals surface area (Å²) in [5, 5.41) is 3.71. The van der Waals surface area contributed by atoms with Crippen LogP contribution in [0, 0.1) is 11.8 Å². The van der Waals surface area contributed by atoms with Crippen LogP contribution in [-0.2, 0) is 13.6 Å². The fourth-order valence-electron chi connectivity index (χ4n) is 3.72. The van der Waals surface area contributed by atoms with Gasteiger partial charge < -0.3 is 9.88 Å². The number of nitrogens with one attached hydrogen (secondary N) is 1. The third-order valence-corrected chi connectivity index (χ3v) is 5.01. The van der Waals surface area contributed by atoms with Crippen LogP contribution in [0.5, 0.6) is 0 Å². The van der Waals surface area contributed by atoms with Crippen LogP contribution in [-0.4, -0.2) is 40.6 Å². The average molecular weight is 292 g/mol. The van der Waals surface area contributed by atoms with Gasteiger partial charge in [0, 0.05) is 32.0 Å². The lowest BCUT2D eigenvalue weighted by molar-refractivity contribution is 0.148. The molecule has 1 aliphatic rings. The first-order valence-electron chi connectivity index (χ1n) is 8.52. The van der Waals surface area contributed by atoms with Crippen LogP contribution in [0.1, 0.15) is 45.4 Å². The minimum atomic E-state index is 0.696. The zero-order chi connectivity index (χ0) is 15.2. The Morgan fingerprint density at radius 1 is 1.38 bits per heavy atom. The van der Waals surface area contributed by atoms with Gasteiger partial charge in [0.1, 0.15) is 5.82 Å². The average Bonchev–Trinajstić information content (AvgIpc) is 2.86. The Kier molecular flexibility index (Phi) is 6.24. The minimum Gasteiger partial charge on any atom is -0.337 e. The number of rotatable bonds is 7. The molecular formula is C17H32N4. The van der Waals surface area contributed by atoms with Crippen LogP contribution in [0.3, 0.4) is 0 Å². The second-order valence-electron chi connectivity index (χ2n) is 6.66. The van der Waals surface area contributed by atoms with E-state index in [0.717, 1.165) is 30.7 Å². The molecule has 0 bridgehead atoms.